The van der Waals surface area contributed by atoms with E-state index in [2.05, 4.69) is 294 Å². The number of hydrogen-bond acceptors (Lipinski definition) is 10. The molecule has 0 bridgehead atoms. The molecule has 0 unspecified atom stereocenters. The SMILES string of the molecule is CC(C)c1cc(-c2ccc3ccc4ccc(-c5ccccc5[O-])[nH+]c4c3n2)cc(-n2c3ccccc3c3cc(C(C)C)ccc32)c1.OCc1ccccc1-c1ccc2ccc3ccc(-c4cccc(-n5c6ccccc6c6ccccc65)c4)nc3c2n1.[Li+].[Li+].[O-]c1ccccc1-c1ccc2ccc3ccc(-c4nc(-c5ccccc5)nc(-n5c6ccccc6c6ccccc65)n4)nc3c2[nH+]1. The Kier molecular flexibility index (Phi) is 22.8. The van der Waals surface area contributed by atoms with E-state index in [1.807, 2.05) is 127 Å². The molecular formula is C118H84Li2N12O3+2. The van der Waals surface area contributed by atoms with Crippen molar-refractivity contribution in [2.75, 3.05) is 0 Å². The average Bonchev–Trinajstić information content (AvgIpc) is 1.57. The number of aromatic nitrogens is 12. The fourth-order valence-corrected chi connectivity index (χ4v) is 18.9. The quantitative estimate of drug-likeness (QED) is 0.0855. The molecule has 17 heteroatoms. The fraction of sp³-hybridized carbons (Fsp3) is 0.0593. The number of para-hydroxylation sites is 7. The fourth-order valence-electron chi connectivity index (χ4n) is 18.9. The monoisotopic (exact) mass is 1730 g/mol. The number of aliphatic hydroxyl groups excluding tert-OH is 1. The van der Waals surface area contributed by atoms with Crippen LogP contribution in [0.4, 0.5) is 0 Å². The first kappa shape index (κ1) is 85.7. The van der Waals surface area contributed by atoms with Gasteiger partial charge in [-0.3, -0.25) is 4.57 Å². The molecule has 0 aliphatic heterocycles. The third-order valence-corrected chi connectivity index (χ3v) is 25.7. The smallest absolute Gasteiger partial charge is 0.872 e. The first-order valence-corrected chi connectivity index (χ1v) is 44.9. The first-order valence-electron chi connectivity index (χ1n) is 44.9. The molecule has 15 nitrogen and oxygen atoms in total. The zero-order valence-electron chi connectivity index (χ0n) is 75.1. The van der Waals surface area contributed by atoms with Gasteiger partial charge in [0.1, 0.15) is 16.7 Å². The van der Waals surface area contributed by atoms with Gasteiger partial charge in [-0.15, -0.1) is 0 Å². The summed E-state index contributed by atoms with van der Waals surface area (Å²) in [4.78, 5) is 42.8. The Hall–Kier alpha value is -16.1. The number of aliphatic hydroxyl groups is 1. The molecule has 0 aliphatic carbocycles. The summed E-state index contributed by atoms with van der Waals surface area (Å²) < 4.78 is 6.83. The Morgan fingerprint density at radius 2 is 0.667 bits per heavy atom. The molecule has 0 amide bonds. The van der Waals surface area contributed by atoms with Gasteiger partial charge in [0.05, 0.1) is 67.8 Å². The van der Waals surface area contributed by atoms with Crippen molar-refractivity contribution in [1.29, 1.82) is 0 Å². The van der Waals surface area contributed by atoms with E-state index in [4.69, 9.17) is 34.9 Å². The predicted molar refractivity (Wildman–Crippen MR) is 536 cm³/mol. The molecule has 0 radical (unpaired) electrons. The van der Waals surface area contributed by atoms with Gasteiger partial charge in [0.2, 0.25) is 28.4 Å². The predicted octanol–water partition coefficient (Wildman–Crippen LogP) is 20.2. The van der Waals surface area contributed by atoms with Crippen LogP contribution in [0.15, 0.2) is 394 Å². The number of hydrogen-bond donors (Lipinski definition) is 1. The summed E-state index contributed by atoms with van der Waals surface area (Å²) in [5.41, 5.74) is 27.6. The molecule has 634 valence electrons. The summed E-state index contributed by atoms with van der Waals surface area (Å²) in [6.07, 6.45) is 0. The second kappa shape index (κ2) is 35.9. The molecule has 0 saturated carbocycles. The van der Waals surface area contributed by atoms with Crippen molar-refractivity contribution in [2.45, 2.75) is 46.1 Å². The largest absolute Gasteiger partial charge is 1.00 e. The van der Waals surface area contributed by atoms with Crippen LogP contribution in [0.2, 0.25) is 0 Å². The number of H-pyrrole nitrogens is 2. The maximum atomic E-state index is 12.6. The summed E-state index contributed by atoms with van der Waals surface area (Å²) in [6, 6.07) is 134. The van der Waals surface area contributed by atoms with Crippen molar-refractivity contribution in [2.24, 2.45) is 0 Å². The topological polar surface area (TPSA) is 200 Å². The first-order chi connectivity index (χ1) is 65.3. The molecule has 3 N–H and O–H groups in total. The molecule has 0 fully saturated rings. The van der Waals surface area contributed by atoms with Crippen molar-refractivity contribution in [3.8, 4) is 108 Å². The van der Waals surface area contributed by atoms with E-state index >= 15 is 0 Å². The Labute approximate surface area is 801 Å². The summed E-state index contributed by atoms with van der Waals surface area (Å²) >= 11 is 0. The number of fused-ring (bicyclic) bond motifs is 18. The Balaban J connectivity index is 0.000000121. The third kappa shape index (κ3) is 15.7. The van der Waals surface area contributed by atoms with Gasteiger partial charge in [0.25, 0.3) is 0 Å². The van der Waals surface area contributed by atoms with Crippen LogP contribution in [0.25, 0.3) is 227 Å². The minimum absolute atomic E-state index is 0. The van der Waals surface area contributed by atoms with Gasteiger partial charge >= 0.3 is 37.7 Å². The minimum atomic E-state index is -0.0387. The van der Waals surface area contributed by atoms with E-state index in [0.717, 1.165) is 155 Å². The molecule has 0 spiro atoms. The van der Waals surface area contributed by atoms with E-state index in [1.54, 1.807) is 24.3 Å². The average molecular weight is 1730 g/mol. The molecule has 15 aromatic carbocycles. The van der Waals surface area contributed by atoms with E-state index in [-0.39, 0.29) is 55.8 Å². The van der Waals surface area contributed by atoms with Crippen LogP contribution in [0.5, 0.6) is 11.5 Å². The second-order valence-corrected chi connectivity index (χ2v) is 34.4. The van der Waals surface area contributed by atoms with Gasteiger partial charge in [0.15, 0.2) is 11.6 Å². The van der Waals surface area contributed by atoms with Crippen molar-refractivity contribution in [3.63, 3.8) is 0 Å². The van der Waals surface area contributed by atoms with Crippen LogP contribution in [-0.4, -0.2) is 53.7 Å². The number of aromatic amines is 2. The van der Waals surface area contributed by atoms with E-state index < -0.39 is 0 Å². The van der Waals surface area contributed by atoms with E-state index in [0.29, 0.717) is 46.3 Å². The Morgan fingerprint density at radius 1 is 0.274 bits per heavy atom. The summed E-state index contributed by atoms with van der Waals surface area (Å²) in [7, 11) is 0. The van der Waals surface area contributed by atoms with Crippen LogP contribution in [0.3, 0.4) is 0 Å². The van der Waals surface area contributed by atoms with Gasteiger partial charge in [0, 0.05) is 122 Å². The summed E-state index contributed by atoms with van der Waals surface area (Å²) in [5, 5.41) is 48.6. The van der Waals surface area contributed by atoms with E-state index in [1.165, 1.54) is 54.7 Å². The van der Waals surface area contributed by atoms with Crippen LogP contribution < -0.4 is 57.9 Å². The van der Waals surface area contributed by atoms with Crippen molar-refractivity contribution >= 4 is 131 Å². The van der Waals surface area contributed by atoms with Crippen molar-refractivity contribution in [1.82, 2.24) is 48.6 Å². The summed E-state index contributed by atoms with van der Waals surface area (Å²) in [6.45, 7) is 8.96. The number of pyridine rings is 6. The molecule has 0 aliphatic rings. The van der Waals surface area contributed by atoms with E-state index in [9.17, 15) is 15.3 Å². The van der Waals surface area contributed by atoms with Gasteiger partial charge in [-0.25, -0.2) is 34.9 Å². The minimum Gasteiger partial charge on any atom is -0.872 e. The molecule has 0 atom stereocenters. The Morgan fingerprint density at radius 3 is 1.21 bits per heavy atom. The molecular weight excluding hydrogens is 1650 g/mol. The van der Waals surface area contributed by atoms with Crippen molar-refractivity contribution in [3.05, 3.63) is 411 Å². The zero-order chi connectivity index (χ0) is 89.5. The third-order valence-electron chi connectivity index (χ3n) is 25.7. The van der Waals surface area contributed by atoms with Crippen LogP contribution in [0, 0.1) is 0 Å². The van der Waals surface area contributed by atoms with Gasteiger partial charge in [-0.05, 0) is 162 Å². The van der Waals surface area contributed by atoms with Gasteiger partial charge in [-0.1, -0.05) is 288 Å². The van der Waals surface area contributed by atoms with Crippen LogP contribution >= 0.6 is 0 Å². The number of benzene rings is 15. The normalized spacial score (nSPS) is 11.5. The molecule has 10 heterocycles. The maximum Gasteiger partial charge on any atom is 1.00 e. The zero-order valence-corrected chi connectivity index (χ0v) is 75.1. The number of nitrogens with zero attached hydrogens (tertiary/aromatic N) is 10. The maximum absolute atomic E-state index is 12.6. The number of nitrogens with one attached hydrogen (secondary N) is 2. The Bertz CT molecular complexity index is 8870. The second-order valence-electron chi connectivity index (χ2n) is 34.4. The van der Waals surface area contributed by atoms with Crippen LogP contribution in [-0.2, 0) is 6.61 Å². The van der Waals surface area contributed by atoms with Crippen LogP contribution in [0.1, 0.15) is 56.2 Å². The summed E-state index contributed by atoms with van der Waals surface area (Å²) in [5.74, 6) is 2.29. The van der Waals surface area contributed by atoms with Gasteiger partial charge < -0.3 is 24.5 Å². The standard InChI is InChI=1S/C42H35N3O.C39H24N6O.C37H25N3O.2Li/c1-25(2)29-17-20-39-35(24-29)33-9-5-7-11-38(33)45(39)32-22-30(26(3)4)21-31(23-32)36-18-15-27-13-14-28-16-19-37(44-42(28)41(27)43-36)34-10-6-8-12-40(34)46;46-34-17-9-6-14-29(34)30-22-20-24-18-19-25-21-23-31(41-36(25)35(24)40-30)38-42-37(26-10-2-1-3-11-26)43-39(44-38)45-32-15-7-4-12-27(32)28-13-5-8-16-33(28)45;41-23-27-8-1-2-11-29(27)33-21-19-25-17-16-24-18-20-32(38-36(24)37(25)39-33)26-9-7-10-28(22-26)40-34-14-5-3-12-30(34)31-13-4-6-15-35(31)40;;/h5-26,46H,1-4H3;1-23,46H;1-22,41H,23H2;;/q;;;2*+1. The molecule has 25 aromatic rings. The molecule has 0 saturated heterocycles. The number of rotatable bonds is 13. The molecule has 135 heavy (non-hydrogen) atoms. The van der Waals surface area contributed by atoms with Crippen molar-refractivity contribution < 1.29 is 63.0 Å². The van der Waals surface area contributed by atoms with Gasteiger partial charge in [-0.2, -0.15) is 9.97 Å². The molecule has 10 aromatic heterocycles. The molecule has 25 rings (SSSR count).